The Morgan fingerprint density at radius 3 is 2.96 bits per heavy atom. The second-order valence-electron chi connectivity index (χ2n) is 6.06. The molecule has 1 fully saturated rings. The molecule has 1 atom stereocenters. The van der Waals surface area contributed by atoms with Crippen LogP contribution in [0.1, 0.15) is 30.1 Å². The molecule has 1 aromatic heterocycles. The van der Waals surface area contributed by atoms with E-state index in [1.807, 2.05) is 36.5 Å². The summed E-state index contributed by atoms with van der Waals surface area (Å²) in [6.07, 6.45) is 5.91. The van der Waals surface area contributed by atoms with Crippen LogP contribution in [0.25, 0.3) is 0 Å². The highest BCUT2D eigenvalue weighted by Gasteiger charge is 2.18. The van der Waals surface area contributed by atoms with Crippen molar-refractivity contribution in [3.63, 3.8) is 0 Å². The van der Waals surface area contributed by atoms with Crippen molar-refractivity contribution in [2.24, 2.45) is 5.92 Å². The monoisotopic (exact) mass is 373 g/mol. The largest absolute Gasteiger partial charge is 0.370 e. The number of amides is 1. The van der Waals surface area contributed by atoms with Gasteiger partial charge in [0.05, 0.1) is 23.1 Å². The molecule has 0 saturated carbocycles. The summed E-state index contributed by atoms with van der Waals surface area (Å²) < 4.78 is 0.863. The first kappa shape index (κ1) is 16.0. The summed E-state index contributed by atoms with van der Waals surface area (Å²) in [6.45, 7) is 4.32. The van der Waals surface area contributed by atoms with Crippen molar-refractivity contribution < 1.29 is 4.79 Å². The highest BCUT2D eigenvalue weighted by Crippen LogP contribution is 2.24. The maximum atomic E-state index is 12.5. The molecular formula is C18H20BrN3O. The summed E-state index contributed by atoms with van der Waals surface area (Å²) in [5.74, 6) is 0.540. The standard InChI is InChI=1S/C18H20BrN3O/c1-13-5-4-8-22(12-13)15-9-14(10-20-11-15)18(23)21-17-7-3-2-6-16(17)19/h2-3,6-7,9-11,13H,4-5,8,12H2,1H3,(H,21,23). The lowest BCUT2D eigenvalue weighted by Gasteiger charge is -2.32. The third kappa shape index (κ3) is 3.91. The lowest BCUT2D eigenvalue weighted by atomic mass is 10.00. The molecule has 23 heavy (non-hydrogen) atoms. The smallest absolute Gasteiger partial charge is 0.257 e. The normalized spacial score (nSPS) is 17.8. The molecule has 0 aliphatic carbocycles. The molecule has 0 spiro atoms. The van der Waals surface area contributed by atoms with Gasteiger partial charge in [-0.2, -0.15) is 0 Å². The zero-order chi connectivity index (χ0) is 16.2. The molecule has 4 nitrogen and oxygen atoms in total. The molecule has 1 aliphatic rings. The van der Waals surface area contributed by atoms with Crippen LogP contribution < -0.4 is 10.2 Å². The Morgan fingerprint density at radius 1 is 1.35 bits per heavy atom. The van der Waals surface area contributed by atoms with E-state index in [1.165, 1.54) is 12.8 Å². The van der Waals surface area contributed by atoms with Crippen LogP contribution in [-0.4, -0.2) is 24.0 Å². The maximum absolute atomic E-state index is 12.5. The summed E-state index contributed by atoms with van der Waals surface area (Å²) in [5.41, 5.74) is 2.36. The number of anilines is 2. The fourth-order valence-corrected chi connectivity index (χ4v) is 3.29. The van der Waals surface area contributed by atoms with E-state index in [1.54, 1.807) is 6.20 Å². The Bertz CT molecular complexity index is 704. The van der Waals surface area contributed by atoms with Crippen molar-refractivity contribution in [3.8, 4) is 0 Å². The first-order valence-corrected chi connectivity index (χ1v) is 8.68. The zero-order valence-corrected chi connectivity index (χ0v) is 14.7. The van der Waals surface area contributed by atoms with Gasteiger partial charge in [0, 0.05) is 23.8 Å². The van der Waals surface area contributed by atoms with Crippen LogP contribution in [-0.2, 0) is 0 Å². The van der Waals surface area contributed by atoms with E-state index >= 15 is 0 Å². The Kier molecular flexibility index (Phi) is 4.96. The predicted octanol–water partition coefficient (Wildman–Crippen LogP) is 4.33. The molecule has 1 unspecified atom stereocenters. The summed E-state index contributed by atoms with van der Waals surface area (Å²) in [7, 11) is 0. The predicted molar refractivity (Wildman–Crippen MR) is 96.9 cm³/mol. The first-order chi connectivity index (χ1) is 11.1. The number of pyridine rings is 1. The number of carbonyl (C=O) groups excluding carboxylic acids is 1. The lowest BCUT2D eigenvalue weighted by Crippen LogP contribution is -2.34. The van der Waals surface area contributed by atoms with Crippen molar-refractivity contribution >= 4 is 33.2 Å². The summed E-state index contributed by atoms with van der Waals surface area (Å²) in [4.78, 5) is 19.0. The van der Waals surface area contributed by atoms with Gasteiger partial charge < -0.3 is 10.2 Å². The van der Waals surface area contributed by atoms with Crippen LogP contribution in [0.4, 0.5) is 11.4 Å². The fourth-order valence-electron chi connectivity index (χ4n) is 2.91. The maximum Gasteiger partial charge on any atom is 0.257 e. The van der Waals surface area contributed by atoms with Gasteiger partial charge in [-0.1, -0.05) is 19.1 Å². The number of para-hydroxylation sites is 1. The van der Waals surface area contributed by atoms with E-state index in [9.17, 15) is 4.79 Å². The number of aromatic nitrogens is 1. The van der Waals surface area contributed by atoms with Gasteiger partial charge in [0.25, 0.3) is 5.91 Å². The topological polar surface area (TPSA) is 45.2 Å². The first-order valence-electron chi connectivity index (χ1n) is 7.89. The van der Waals surface area contributed by atoms with E-state index in [2.05, 4.69) is 38.1 Å². The van der Waals surface area contributed by atoms with Crippen molar-refractivity contribution in [1.82, 2.24) is 4.98 Å². The van der Waals surface area contributed by atoms with E-state index in [4.69, 9.17) is 0 Å². The third-order valence-corrected chi connectivity index (χ3v) is 4.82. The summed E-state index contributed by atoms with van der Waals surface area (Å²) >= 11 is 3.44. The molecule has 1 aromatic carbocycles. The minimum absolute atomic E-state index is 0.142. The molecule has 2 aromatic rings. The van der Waals surface area contributed by atoms with Gasteiger partial charge >= 0.3 is 0 Å². The molecule has 0 bridgehead atoms. The summed E-state index contributed by atoms with van der Waals surface area (Å²) in [5, 5.41) is 2.92. The molecule has 1 saturated heterocycles. The number of carbonyl (C=O) groups is 1. The van der Waals surface area contributed by atoms with Gasteiger partial charge in [0.2, 0.25) is 0 Å². The Morgan fingerprint density at radius 2 is 2.17 bits per heavy atom. The van der Waals surface area contributed by atoms with Gasteiger partial charge in [-0.3, -0.25) is 9.78 Å². The van der Waals surface area contributed by atoms with E-state index in [-0.39, 0.29) is 5.91 Å². The number of nitrogens with zero attached hydrogens (tertiary/aromatic N) is 2. The highest BCUT2D eigenvalue weighted by atomic mass is 79.9. The van der Waals surface area contributed by atoms with Gasteiger partial charge in [0.15, 0.2) is 0 Å². The fraction of sp³-hybridized carbons (Fsp3) is 0.333. The van der Waals surface area contributed by atoms with E-state index < -0.39 is 0 Å². The molecule has 1 amide bonds. The Balaban J connectivity index is 1.76. The van der Waals surface area contributed by atoms with Crippen LogP contribution >= 0.6 is 15.9 Å². The van der Waals surface area contributed by atoms with Crippen LogP contribution in [0.2, 0.25) is 0 Å². The second-order valence-corrected chi connectivity index (χ2v) is 6.91. The van der Waals surface area contributed by atoms with Crippen molar-refractivity contribution in [2.75, 3.05) is 23.3 Å². The quantitative estimate of drug-likeness (QED) is 0.870. The number of rotatable bonds is 3. The molecular weight excluding hydrogens is 354 g/mol. The van der Waals surface area contributed by atoms with Crippen LogP contribution in [0, 0.1) is 5.92 Å². The van der Waals surface area contributed by atoms with Crippen LogP contribution in [0.3, 0.4) is 0 Å². The van der Waals surface area contributed by atoms with Crippen molar-refractivity contribution in [2.45, 2.75) is 19.8 Å². The molecule has 2 heterocycles. The molecule has 1 aliphatic heterocycles. The Hall–Kier alpha value is -1.88. The van der Waals surface area contributed by atoms with Crippen molar-refractivity contribution in [3.05, 3.63) is 52.8 Å². The molecule has 3 rings (SSSR count). The van der Waals surface area contributed by atoms with Crippen molar-refractivity contribution in [1.29, 1.82) is 0 Å². The number of piperidine rings is 1. The molecule has 120 valence electrons. The molecule has 1 N–H and O–H groups in total. The lowest BCUT2D eigenvalue weighted by molar-refractivity contribution is 0.102. The molecule has 5 heteroatoms. The minimum atomic E-state index is -0.142. The zero-order valence-electron chi connectivity index (χ0n) is 13.1. The van der Waals surface area contributed by atoms with Gasteiger partial charge in [-0.05, 0) is 52.9 Å². The number of nitrogens with one attached hydrogen (secondary N) is 1. The number of benzene rings is 1. The average molecular weight is 374 g/mol. The van der Waals surface area contributed by atoms with E-state index in [0.717, 1.165) is 28.9 Å². The number of halogens is 1. The average Bonchev–Trinajstić information content (AvgIpc) is 2.57. The van der Waals surface area contributed by atoms with Gasteiger partial charge in [-0.15, -0.1) is 0 Å². The Labute approximate surface area is 145 Å². The number of hydrogen-bond acceptors (Lipinski definition) is 3. The highest BCUT2D eigenvalue weighted by molar-refractivity contribution is 9.10. The third-order valence-electron chi connectivity index (χ3n) is 4.13. The van der Waals surface area contributed by atoms with Gasteiger partial charge in [0.1, 0.15) is 0 Å². The molecule has 0 radical (unpaired) electrons. The van der Waals surface area contributed by atoms with E-state index in [0.29, 0.717) is 11.5 Å². The number of hydrogen-bond donors (Lipinski definition) is 1. The van der Waals surface area contributed by atoms with Gasteiger partial charge in [-0.25, -0.2) is 0 Å². The summed E-state index contributed by atoms with van der Waals surface area (Å²) in [6, 6.07) is 9.51. The minimum Gasteiger partial charge on any atom is -0.370 e. The SMILES string of the molecule is CC1CCCN(c2cncc(C(=O)Nc3ccccc3Br)c2)C1. The van der Waals surface area contributed by atoms with Crippen LogP contribution in [0.5, 0.6) is 0 Å². The second kappa shape index (κ2) is 7.13. The van der Waals surface area contributed by atoms with Crippen LogP contribution in [0.15, 0.2) is 47.2 Å².